The summed E-state index contributed by atoms with van der Waals surface area (Å²) in [4.78, 5) is 16.2. The van der Waals surface area contributed by atoms with Gasteiger partial charge in [0.25, 0.3) is 0 Å². The van der Waals surface area contributed by atoms with Gasteiger partial charge in [0, 0.05) is 24.4 Å². The average Bonchev–Trinajstić information content (AvgIpc) is 2.90. The van der Waals surface area contributed by atoms with E-state index in [0.717, 1.165) is 40.0 Å². The first-order valence-corrected chi connectivity index (χ1v) is 9.82. The number of nitrogens with two attached hydrogens (primary N) is 1. The summed E-state index contributed by atoms with van der Waals surface area (Å²) in [7, 11) is 0. The minimum absolute atomic E-state index is 0. The smallest absolute Gasteiger partial charge is 0.405 e. The number of aromatic nitrogens is 2. The molecule has 5 nitrogen and oxygen atoms in total. The van der Waals surface area contributed by atoms with Crippen LogP contribution in [0.25, 0.3) is 11.0 Å². The standard InChI is InChI=1S/C23H28FN3O2.ClH/c1-6-27-15(3)14(2)20-21(27)18(11-12-26-20)19(23(4,5)29-22(25)28)13-16-7-9-17(24)10-8-16;/h7-12,19H,6,13H2,1-5H3,(H2,25,28);1H. The molecule has 0 saturated heterocycles. The van der Waals surface area contributed by atoms with Crippen molar-refractivity contribution in [3.8, 4) is 0 Å². The average molecular weight is 434 g/mol. The molecule has 0 radical (unpaired) electrons. The number of aryl methyl sites for hydroxylation is 2. The lowest BCUT2D eigenvalue weighted by molar-refractivity contribution is 0.0239. The first kappa shape index (κ1) is 23.7. The van der Waals surface area contributed by atoms with Crippen LogP contribution in [0, 0.1) is 19.7 Å². The molecule has 0 saturated carbocycles. The van der Waals surface area contributed by atoms with Crippen molar-refractivity contribution in [3.63, 3.8) is 0 Å². The van der Waals surface area contributed by atoms with Gasteiger partial charge in [-0.2, -0.15) is 0 Å². The van der Waals surface area contributed by atoms with Gasteiger partial charge in [-0.1, -0.05) is 12.1 Å². The Balaban J connectivity index is 0.00000320. The van der Waals surface area contributed by atoms with Crippen molar-refractivity contribution in [1.29, 1.82) is 0 Å². The number of amides is 1. The zero-order chi connectivity index (χ0) is 21.3. The molecular weight excluding hydrogens is 405 g/mol. The highest BCUT2D eigenvalue weighted by molar-refractivity contribution is 5.85. The second-order valence-corrected chi connectivity index (χ2v) is 7.96. The second kappa shape index (κ2) is 9.04. The van der Waals surface area contributed by atoms with E-state index in [0.29, 0.717) is 6.42 Å². The molecule has 1 unspecified atom stereocenters. The van der Waals surface area contributed by atoms with E-state index in [-0.39, 0.29) is 24.1 Å². The number of carbonyl (C=O) groups is 1. The Morgan fingerprint density at radius 3 is 2.43 bits per heavy atom. The molecule has 30 heavy (non-hydrogen) atoms. The summed E-state index contributed by atoms with van der Waals surface area (Å²) in [5.41, 5.74) is 10.8. The van der Waals surface area contributed by atoms with Crippen molar-refractivity contribution >= 4 is 29.5 Å². The zero-order valence-electron chi connectivity index (χ0n) is 18.0. The number of fused-ring (bicyclic) bond motifs is 1. The first-order valence-electron chi connectivity index (χ1n) is 9.82. The Hall–Kier alpha value is -2.60. The van der Waals surface area contributed by atoms with Gasteiger partial charge < -0.3 is 15.0 Å². The number of rotatable bonds is 6. The van der Waals surface area contributed by atoms with Crippen molar-refractivity contribution in [1.82, 2.24) is 9.55 Å². The lowest BCUT2D eigenvalue weighted by Gasteiger charge is -2.34. The lowest BCUT2D eigenvalue weighted by atomic mass is 9.79. The number of hydrogen-bond acceptors (Lipinski definition) is 3. The van der Waals surface area contributed by atoms with E-state index in [9.17, 15) is 9.18 Å². The van der Waals surface area contributed by atoms with Crippen molar-refractivity contribution < 1.29 is 13.9 Å². The lowest BCUT2D eigenvalue weighted by Crippen LogP contribution is -2.38. The van der Waals surface area contributed by atoms with Crippen LogP contribution in [0.1, 0.15) is 49.1 Å². The van der Waals surface area contributed by atoms with Gasteiger partial charge >= 0.3 is 6.09 Å². The summed E-state index contributed by atoms with van der Waals surface area (Å²) >= 11 is 0. The molecule has 7 heteroatoms. The van der Waals surface area contributed by atoms with Gasteiger partial charge in [0.15, 0.2) is 0 Å². The van der Waals surface area contributed by atoms with Crippen molar-refractivity contribution in [2.24, 2.45) is 5.73 Å². The summed E-state index contributed by atoms with van der Waals surface area (Å²) in [6, 6.07) is 8.39. The van der Waals surface area contributed by atoms with Crippen LogP contribution in [0.3, 0.4) is 0 Å². The van der Waals surface area contributed by atoms with Gasteiger partial charge in [-0.25, -0.2) is 9.18 Å². The third-order valence-electron chi connectivity index (χ3n) is 5.78. The molecule has 0 fully saturated rings. The van der Waals surface area contributed by atoms with E-state index < -0.39 is 11.7 Å². The van der Waals surface area contributed by atoms with Crippen LogP contribution in [-0.4, -0.2) is 21.2 Å². The van der Waals surface area contributed by atoms with Crippen molar-refractivity contribution in [2.45, 2.75) is 59.1 Å². The summed E-state index contributed by atoms with van der Waals surface area (Å²) in [6.45, 7) is 10.8. The molecule has 0 spiro atoms. The molecule has 2 heterocycles. The predicted molar refractivity (Wildman–Crippen MR) is 120 cm³/mol. The van der Waals surface area contributed by atoms with Crippen LogP contribution in [-0.2, 0) is 17.7 Å². The Labute approximate surface area is 182 Å². The zero-order valence-corrected chi connectivity index (χ0v) is 18.8. The van der Waals surface area contributed by atoms with Gasteiger partial charge in [0.2, 0.25) is 0 Å². The van der Waals surface area contributed by atoms with Gasteiger partial charge in [0.1, 0.15) is 11.4 Å². The molecule has 0 aliphatic heterocycles. The summed E-state index contributed by atoms with van der Waals surface area (Å²) in [5, 5.41) is 0. The topological polar surface area (TPSA) is 70.1 Å². The van der Waals surface area contributed by atoms with Crippen LogP contribution in [0.15, 0.2) is 36.5 Å². The minimum Gasteiger partial charge on any atom is -0.443 e. The maximum atomic E-state index is 13.4. The maximum Gasteiger partial charge on any atom is 0.405 e. The normalized spacial score (nSPS) is 12.5. The van der Waals surface area contributed by atoms with E-state index >= 15 is 0 Å². The second-order valence-electron chi connectivity index (χ2n) is 7.96. The van der Waals surface area contributed by atoms with E-state index in [1.54, 1.807) is 18.3 Å². The van der Waals surface area contributed by atoms with E-state index in [1.165, 1.54) is 12.1 Å². The quantitative estimate of drug-likeness (QED) is 0.563. The van der Waals surface area contributed by atoms with Crippen LogP contribution in [0.2, 0.25) is 0 Å². The number of nitrogens with zero attached hydrogens (tertiary/aromatic N) is 2. The largest absolute Gasteiger partial charge is 0.443 e. The molecule has 1 atom stereocenters. The number of carbonyl (C=O) groups excluding carboxylic acids is 1. The predicted octanol–water partition coefficient (Wildman–Crippen LogP) is 5.43. The number of benzene rings is 1. The fourth-order valence-electron chi connectivity index (χ4n) is 4.16. The third-order valence-corrected chi connectivity index (χ3v) is 5.78. The SMILES string of the molecule is CCn1c(C)c(C)c2nccc(C(Cc3ccc(F)cc3)C(C)(C)OC(N)=O)c21.Cl. The fourth-order valence-corrected chi connectivity index (χ4v) is 4.16. The molecule has 162 valence electrons. The summed E-state index contributed by atoms with van der Waals surface area (Å²) < 4.78 is 21.2. The fraction of sp³-hybridized carbons (Fsp3) is 0.391. The van der Waals surface area contributed by atoms with Gasteiger partial charge in [-0.15, -0.1) is 12.4 Å². The van der Waals surface area contributed by atoms with Crippen molar-refractivity contribution in [3.05, 3.63) is 64.7 Å². The minimum atomic E-state index is -0.876. The Bertz CT molecular complexity index is 1040. The maximum absolute atomic E-state index is 13.4. The Morgan fingerprint density at radius 2 is 1.87 bits per heavy atom. The molecule has 3 rings (SSSR count). The molecular formula is C23H29ClFN3O2. The van der Waals surface area contributed by atoms with Crippen LogP contribution >= 0.6 is 12.4 Å². The van der Waals surface area contributed by atoms with Crippen LogP contribution in [0.5, 0.6) is 0 Å². The molecule has 2 aromatic heterocycles. The Kier molecular flexibility index (Phi) is 7.14. The van der Waals surface area contributed by atoms with Crippen LogP contribution < -0.4 is 5.73 Å². The number of primary amides is 1. The highest BCUT2D eigenvalue weighted by Crippen LogP contribution is 2.39. The molecule has 0 aliphatic carbocycles. The third kappa shape index (κ3) is 4.43. The monoisotopic (exact) mass is 433 g/mol. The molecule has 3 aromatic rings. The highest BCUT2D eigenvalue weighted by atomic mass is 35.5. The number of hydrogen-bond donors (Lipinski definition) is 1. The van der Waals surface area contributed by atoms with E-state index in [1.807, 2.05) is 19.9 Å². The molecule has 0 bridgehead atoms. The molecule has 2 N–H and O–H groups in total. The molecule has 0 aliphatic rings. The number of pyridine rings is 1. The van der Waals surface area contributed by atoms with Gasteiger partial charge in [-0.05, 0) is 75.9 Å². The number of ether oxygens (including phenoxy) is 1. The van der Waals surface area contributed by atoms with Gasteiger partial charge in [-0.3, -0.25) is 4.98 Å². The van der Waals surface area contributed by atoms with Gasteiger partial charge in [0.05, 0.1) is 11.0 Å². The highest BCUT2D eigenvalue weighted by Gasteiger charge is 2.36. The molecule has 1 aromatic carbocycles. The first-order chi connectivity index (χ1) is 13.7. The number of halogens is 2. The van der Waals surface area contributed by atoms with Crippen LogP contribution in [0.4, 0.5) is 9.18 Å². The molecule has 1 amide bonds. The summed E-state index contributed by atoms with van der Waals surface area (Å²) in [5.74, 6) is -0.486. The van der Waals surface area contributed by atoms with E-state index in [2.05, 4.69) is 30.3 Å². The summed E-state index contributed by atoms with van der Waals surface area (Å²) in [6.07, 6.45) is 1.54. The van der Waals surface area contributed by atoms with E-state index in [4.69, 9.17) is 10.5 Å². The van der Waals surface area contributed by atoms with Crippen molar-refractivity contribution in [2.75, 3.05) is 0 Å². The Morgan fingerprint density at radius 1 is 1.23 bits per heavy atom.